The van der Waals surface area contributed by atoms with Gasteiger partial charge in [0.1, 0.15) is 5.69 Å². The highest BCUT2D eigenvalue weighted by atomic mass is 16.5. The van der Waals surface area contributed by atoms with E-state index in [1.165, 1.54) is 0 Å². The zero-order chi connectivity index (χ0) is 6.15. The normalized spacial score (nSPS) is 9.75. The molecule has 1 heterocycles. The smallest absolute Gasteiger partial charge is 0.156 e. The lowest BCUT2D eigenvalue weighted by atomic mass is 10.3. The van der Waals surface area contributed by atoms with Crippen molar-refractivity contribution in [3.63, 3.8) is 0 Å². The molecule has 8 heavy (non-hydrogen) atoms. The Labute approximate surface area is 47.5 Å². The Kier molecular flexibility index (Phi) is 0.970. The molecule has 0 saturated heterocycles. The van der Waals surface area contributed by atoms with E-state index >= 15 is 0 Å². The van der Waals surface area contributed by atoms with Crippen LogP contribution in [0.25, 0.3) is 0 Å². The van der Waals surface area contributed by atoms with Crippen molar-refractivity contribution < 1.29 is 4.52 Å². The summed E-state index contributed by atoms with van der Waals surface area (Å²) in [4.78, 5) is 0. The van der Waals surface area contributed by atoms with E-state index in [1.54, 1.807) is 6.92 Å². The van der Waals surface area contributed by atoms with Crippen LogP contribution in [-0.4, -0.2) is 5.16 Å². The fourth-order valence-corrected chi connectivity index (χ4v) is 0.490. The first-order valence-corrected chi connectivity index (χ1v) is 2.40. The Hall–Kier alpha value is -0.990. The van der Waals surface area contributed by atoms with Gasteiger partial charge in [-0.2, -0.15) is 0 Å². The van der Waals surface area contributed by atoms with Crippen molar-refractivity contribution >= 4 is 5.69 Å². The summed E-state index contributed by atoms with van der Waals surface area (Å²) in [7, 11) is 0. The van der Waals surface area contributed by atoms with Crippen molar-refractivity contribution in [2.24, 2.45) is 0 Å². The van der Waals surface area contributed by atoms with Crippen molar-refractivity contribution in [1.82, 2.24) is 5.16 Å². The van der Waals surface area contributed by atoms with Crippen molar-refractivity contribution in [3.05, 3.63) is 11.5 Å². The zero-order valence-electron chi connectivity index (χ0n) is 4.93. The molecule has 1 aromatic heterocycles. The van der Waals surface area contributed by atoms with Gasteiger partial charge in [-0.1, -0.05) is 5.16 Å². The summed E-state index contributed by atoms with van der Waals surface area (Å²) in [5, 5.41) is 3.62. The minimum atomic E-state index is 0.657. The second-order valence-electron chi connectivity index (χ2n) is 1.74. The lowest BCUT2D eigenvalue weighted by molar-refractivity contribution is 0.393. The molecule has 3 heteroatoms. The van der Waals surface area contributed by atoms with Gasteiger partial charge in [-0.05, 0) is 13.8 Å². The number of anilines is 1. The third-order valence-electron chi connectivity index (χ3n) is 1.09. The van der Waals surface area contributed by atoms with Crippen LogP contribution in [-0.2, 0) is 0 Å². The molecule has 44 valence electrons. The first-order valence-electron chi connectivity index (χ1n) is 2.40. The molecule has 0 radical (unpaired) electrons. The molecular formula is C5H8N2O. The van der Waals surface area contributed by atoms with E-state index in [9.17, 15) is 0 Å². The van der Waals surface area contributed by atoms with Gasteiger partial charge in [0, 0.05) is 0 Å². The fourth-order valence-electron chi connectivity index (χ4n) is 0.490. The summed E-state index contributed by atoms with van der Waals surface area (Å²) >= 11 is 0. The van der Waals surface area contributed by atoms with Gasteiger partial charge < -0.3 is 10.3 Å². The van der Waals surface area contributed by atoms with E-state index in [4.69, 9.17) is 10.3 Å². The largest absolute Gasteiger partial charge is 0.394 e. The molecule has 0 saturated carbocycles. The standard InChI is InChI=1S/C5H8N2O/c1-3-5(6)4(2)8-7-3/h6H2,1-2H3. The molecule has 0 unspecified atom stereocenters. The topological polar surface area (TPSA) is 52.0 Å². The van der Waals surface area contributed by atoms with Crippen molar-refractivity contribution in [1.29, 1.82) is 0 Å². The lowest BCUT2D eigenvalue weighted by Crippen LogP contribution is -1.85. The van der Waals surface area contributed by atoms with Crippen LogP contribution >= 0.6 is 0 Å². The van der Waals surface area contributed by atoms with E-state index in [0.29, 0.717) is 11.4 Å². The number of hydrogen-bond acceptors (Lipinski definition) is 3. The summed E-state index contributed by atoms with van der Waals surface area (Å²) in [6, 6.07) is 0. The maximum Gasteiger partial charge on any atom is 0.156 e. The van der Waals surface area contributed by atoms with Crippen LogP contribution in [0.15, 0.2) is 4.52 Å². The van der Waals surface area contributed by atoms with Crippen molar-refractivity contribution in [2.45, 2.75) is 13.8 Å². The molecule has 0 amide bonds. The SMILES string of the molecule is Cc1noc(C)c1N. The summed E-state index contributed by atoms with van der Waals surface area (Å²) in [5.74, 6) is 0.697. The molecule has 0 spiro atoms. The zero-order valence-corrected chi connectivity index (χ0v) is 4.93. The predicted octanol–water partition coefficient (Wildman–Crippen LogP) is 0.874. The number of nitrogens with two attached hydrogens (primary N) is 1. The van der Waals surface area contributed by atoms with Gasteiger partial charge in [0.25, 0.3) is 0 Å². The molecule has 0 atom stereocenters. The van der Waals surface area contributed by atoms with Crippen LogP contribution in [0.4, 0.5) is 5.69 Å². The number of nitrogen functional groups attached to an aromatic ring is 1. The van der Waals surface area contributed by atoms with Gasteiger partial charge in [-0.25, -0.2) is 0 Å². The van der Waals surface area contributed by atoms with E-state index in [-0.39, 0.29) is 0 Å². The molecule has 1 aromatic rings. The van der Waals surface area contributed by atoms with E-state index in [0.717, 1.165) is 5.69 Å². The number of rotatable bonds is 0. The third-order valence-corrected chi connectivity index (χ3v) is 1.09. The summed E-state index contributed by atoms with van der Waals surface area (Å²) in [6.07, 6.45) is 0. The predicted molar refractivity (Wildman–Crippen MR) is 30.4 cm³/mol. The number of hydrogen-bond donors (Lipinski definition) is 1. The minimum Gasteiger partial charge on any atom is -0.394 e. The highest BCUT2D eigenvalue weighted by molar-refractivity contribution is 5.44. The van der Waals surface area contributed by atoms with Gasteiger partial charge in [0.05, 0.1) is 5.69 Å². The highest BCUT2D eigenvalue weighted by Gasteiger charge is 2.01. The second kappa shape index (κ2) is 1.51. The van der Waals surface area contributed by atoms with Crippen LogP contribution in [0, 0.1) is 13.8 Å². The monoisotopic (exact) mass is 112 g/mol. The van der Waals surface area contributed by atoms with E-state index < -0.39 is 0 Å². The van der Waals surface area contributed by atoms with Gasteiger partial charge in [0.2, 0.25) is 0 Å². The molecule has 3 nitrogen and oxygen atoms in total. The van der Waals surface area contributed by atoms with E-state index in [1.807, 2.05) is 6.92 Å². The average molecular weight is 112 g/mol. The molecule has 0 bridgehead atoms. The Morgan fingerprint density at radius 2 is 2.12 bits per heavy atom. The lowest BCUT2D eigenvalue weighted by Gasteiger charge is -1.81. The average Bonchev–Trinajstić information content (AvgIpc) is 1.98. The van der Waals surface area contributed by atoms with Gasteiger partial charge >= 0.3 is 0 Å². The fraction of sp³-hybridized carbons (Fsp3) is 0.400. The van der Waals surface area contributed by atoms with Gasteiger partial charge in [-0.3, -0.25) is 0 Å². The molecular weight excluding hydrogens is 104 g/mol. The molecule has 0 aliphatic rings. The number of nitrogens with zero attached hydrogens (tertiary/aromatic N) is 1. The van der Waals surface area contributed by atoms with Crippen LogP contribution in [0.1, 0.15) is 11.5 Å². The molecule has 2 N–H and O–H groups in total. The Bertz CT molecular complexity index is 173. The minimum absolute atomic E-state index is 0.657. The summed E-state index contributed by atoms with van der Waals surface area (Å²) in [6.45, 7) is 3.60. The highest BCUT2D eigenvalue weighted by Crippen LogP contribution is 2.12. The van der Waals surface area contributed by atoms with Gasteiger partial charge in [0.15, 0.2) is 5.76 Å². The number of aromatic nitrogens is 1. The maximum absolute atomic E-state index is 5.45. The number of aryl methyl sites for hydroxylation is 2. The van der Waals surface area contributed by atoms with Crippen LogP contribution in [0.5, 0.6) is 0 Å². The quantitative estimate of drug-likeness (QED) is 0.541. The Balaban J connectivity index is 3.19. The molecule has 0 aromatic carbocycles. The first-order chi connectivity index (χ1) is 3.72. The molecule has 0 aliphatic heterocycles. The summed E-state index contributed by atoms with van der Waals surface area (Å²) in [5.41, 5.74) is 6.87. The Morgan fingerprint density at radius 3 is 2.25 bits per heavy atom. The van der Waals surface area contributed by atoms with Crippen LogP contribution in [0.3, 0.4) is 0 Å². The Morgan fingerprint density at radius 1 is 1.50 bits per heavy atom. The van der Waals surface area contributed by atoms with Crippen LogP contribution < -0.4 is 5.73 Å². The van der Waals surface area contributed by atoms with Crippen molar-refractivity contribution in [2.75, 3.05) is 5.73 Å². The second-order valence-corrected chi connectivity index (χ2v) is 1.74. The van der Waals surface area contributed by atoms with Crippen molar-refractivity contribution in [3.8, 4) is 0 Å². The maximum atomic E-state index is 5.45. The van der Waals surface area contributed by atoms with E-state index in [2.05, 4.69) is 5.16 Å². The van der Waals surface area contributed by atoms with Crippen LogP contribution in [0.2, 0.25) is 0 Å². The van der Waals surface area contributed by atoms with Gasteiger partial charge in [-0.15, -0.1) is 0 Å². The first kappa shape index (κ1) is 5.15. The third kappa shape index (κ3) is 0.559. The summed E-state index contributed by atoms with van der Waals surface area (Å²) < 4.78 is 4.72. The molecule has 1 rings (SSSR count). The molecule has 0 fully saturated rings. The molecule has 0 aliphatic carbocycles.